The van der Waals surface area contributed by atoms with Gasteiger partial charge >= 0.3 is 6.61 Å². The van der Waals surface area contributed by atoms with Gasteiger partial charge in [0, 0.05) is 37.1 Å². The zero-order valence-electron chi connectivity index (χ0n) is 15.9. The van der Waals surface area contributed by atoms with E-state index in [1.807, 2.05) is 0 Å². The van der Waals surface area contributed by atoms with Gasteiger partial charge in [-0.25, -0.2) is 0 Å². The number of ether oxygens (including phenoxy) is 1. The van der Waals surface area contributed by atoms with E-state index in [4.69, 9.17) is 23.2 Å². The van der Waals surface area contributed by atoms with Crippen LogP contribution in [0, 0.1) is 0 Å². The minimum Gasteiger partial charge on any atom is -0.433 e. The van der Waals surface area contributed by atoms with Crippen LogP contribution in [0.15, 0.2) is 17.1 Å². The number of nitrogens with zero attached hydrogens (tertiary/aromatic N) is 4. The van der Waals surface area contributed by atoms with Gasteiger partial charge in [0.25, 0.3) is 0 Å². The van der Waals surface area contributed by atoms with Crippen LogP contribution in [0.1, 0.15) is 36.5 Å². The molecule has 1 aliphatic rings. The van der Waals surface area contributed by atoms with Gasteiger partial charge in [0.05, 0.1) is 11.6 Å². The smallest absolute Gasteiger partial charge is 0.387 e. The van der Waals surface area contributed by atoms with Crippen LogP contribution in [0.4, 0.5) is 8.78 Å². The second-order valence-corrected chi connectivity index (χ2v) is 7.37. The molecule has 7 nitrogen and oxygen atoms in total. The first-order valence-electron chi connectivity index (χ1n) is 9.26. The molecule has 158 valence electrons. The zero-order valence-corrected chi connectivity index (χ0v) is 17.4. The van der Waals surface area contributed by atoms with Crippen molar-refractivity contribution in [2.24, 2.45) is 4.99 Å². The SMILES string of the molecule is CN=C(NCc1cc(Cl)cc(Cl)c1OC(F)F)NCc1nnc2n1CCCCC2. The third-order valence-corrected chi connectivity index (χ3v) is 5.06. The van der Waals surface area contributed by atoms with Crippen molar-refractivity contribution >= 4 is 29.2 Å². The van der Waals surface area contributed by atoms with Crippen molar-refractivity contribution in [1.82, 2.24) is 25.4 Å². The van der Waals surface area contributed by atoms with Crippen LogP contribution in [-0.4, -0.2) is 34.4 Å². The summed E-state index contributed by atoms with van der Waals surface area (Å²) in [6, 6.07) is 2.87. The Labute approximate surface area is 177 Å². The summed E-state index contributed by atoms with van der Waals surface area (Å²) in [4.78, 5) is 4.15. The van der Waals surface area contributed by atoms with E-state index >= 15 is 0 Å². The minimum atomic E-state index is -2.99. The molecule has 11 heteroatoms. The number of hydrogen-bond acceptors (Lipinski definition) is 4. The summed E-state index contributed by atoms with van der Waals surface area (Å²) in [6.07, 6.45) is 4.35. The molecule has 0 aliphatic carbocycles. The summed E-state index contributed by atoms with van der Waals surface area (Å²) in [6.45, 7) is -1.52. The van der Waals surface area contributed by atoms with E-state index in [2.05, 4.69) is 35.1 Å². The summed E-state index contributed by atoms with van der Waals surface area (Å²) in [5.41, 5.74) is 0.391. The molecular weight excluding hydrogens is 425 g/mol. The molecule has 2 aromatic rings. The minimum absolute atomic E-state index is 0.0173. The second-order valence-electron chi connectivity index (χ2n) is 6.53. The molecule has 0 saturated carbocycles. The summed E-state index contributed by atoms with van der Waals surface area (Å²) in [5, 5.41) is 15.1. The highest BCUT2D eigenvalue weighted by atomic mass is 35.5. The molecule has 0 radical (unpaired) electrons. The standard InChI is InChI=1S/C18H22Cl2F2N6O/c1-23-18(25-10-15-27-26-14-5-3-2-4-6-28(14)15)24-9-11-7-12(19)8-13(20)16(11)29-17(21)22/h7-8,17H,2-6,9-10H2,1H3,(H2,23,24,25). The number of alkyl halides is 2. The predicted molar refractivity (Wildman–Crippen MR) is 108 cm³/mol. The van der Waals surface area contributed by atoms with Gasteiger partial charge in [-0.05, 0) is 25.0 Å². The first kappa shape index (κ1) is 21.6. The largest absolute Gasteiger partial charge is 0.433 e. The fourth-order valence-corrected chi connectivity index (χ4v) is 3.78. The van der Waals surface area contributed by atoms with E-state index in [0.717, 1.165) is 37.5 Å². The highest BCUT2D eigenvalue weighted by molar-refractivity contribution is 6.35. The van der Waals surface area contributed by atoms with Crippen molar-refractivity contribution in [1.29, 1.82) is 0 Å². The number of benzene rings is 1. The molecule has 0 amide bonds. The Morgan fingerprint density at radius 1 is 1.21 bits per heavy atom. The maximum atomic E-state index is 12.7. The molecular formula is C18H22Cl2F2N6O. The Hall–Kier alpha value is -2.13. The van der Waals surface area contributed by atoms with E-state index in [1.54, 1.807) is 7.05 Å². The molecule has 3 rings (SSSR count). The fourth-order valence-electron chi connectivity index (χ4n) is 3.20. The van der Waals surface area contributed by atoms with Crippen molar-refractivity contribution in [3.63, 3.8) is 0 Å². The Kier molecular flexibility index (Phi) is 7.49. The van der Waals surface area contributed by atoms with Gasteiger partial charge in [-0.1, -0.05) is 29.6 Å². The van der Waals surface area contributed by atoms with Crippen molar-refractivity contribution in [3.8, 4) is 5.75 Å². The molecule has 1 aliphatic heterocycles. The number of guanidine groups is 1. The highest BCUT2D eigenvalue weighted by Crippen LogP contribution is 2.33. The third-order valence-electron chi connectivity index (χ3n) is 4.56. The molecule has 1 aromatic heterocycles. The lowest BCUT2D eigenvalue weighted by Gasteiger charge is -2.16. The van der Waals surface area contributed by atoms with E-state index in [1.165, 1.54) is 18.6 Å². The summed E-state index contributed by atoms with van der Waals surface area (Å²) in [5.74, 6) is 2.19. The van der Waals surface area contributed by atoms with Crippen LogP contribution in [-0.2, 0) is 26.1 Å². The van der Waals surface area contributed by atoms with E-state index in [0.29, 0.717) is 23.1 Å². The number of hydrogen-bond donors (Lipinski definition) is 2. The first-order chi connectivity index (χ1) is 14.0. The van der Waals surface area contributed by atoms with Crippen LogP contribution >= 0.6 is 23.2 Å². The van der Waals surface area contributed by atoms with Crippen LogP contribution in [0.25, 0.3) is 0 Å². The van der Waals surface area contributed by atoms with Crippen LogP contribution in [0.3, 0.4) is 0 Å². The Morgan fingerprint density at radius 2 is 2.00 bits per heavy atom. The van der Waals surface area contributed by atoms with Crippen molar-refractivity contribution in [2.45, 2.75) is 51.9 Å². The molecule has 1 aromatic carbocycles. The molecule has 0 saturated heterocycles. The molecule has 29 heavy (non-hydrogen) atoms. The number of aryl methyl sites for hydroxylation is 1. The second kappa shape index (κ2) is 10.1. The number of halogens is 4. The van der Waals surface area contributed by atoms with Crippen molar-refractivity contribution < 1.29 is 13.5 Å². The van der Waals surface area contributed by atoms with Gasteiger partial charge in [0.2, 0.25) is 0 Å². The van der Waals surface area contributed by atoms with Crippen LogP contribution < -0.4 is 15.4 Å². The Bertz CT molecular complexity index is 874. The van der Waals surface area contributed by atoms with Gasteiger partial charge in [0.1, 0.15) is 11.6 Å². The van der Waals surface area contributed by atoms with Gasteiger partial charge in [0.15, 0.2) is 11.8 Å². The van der Waals surface area contributed by atoms with Gasteiger partial charge < -0.3 is 19.9 Å². The lowest BCUT2D eigenvalue weighted by Crippen LogP contribution is -2.37. The average Bonchev–Trinajstić information content (AvgIpc) is 2.90. The third kappa shape index (κ3) is 5.70. The van der Waals surface area contributed by atoms with E-state index in [9.17, 15) is 8.78 Å². The maximum absolute atomic E-state index is 12.7. The molecule has 2 N–H and O–H groups in total. The van der Waals surface area contributed by atoms with Crippen LogP contribution in [0.5, 0.6) is 5.75 Å². The highest BCUT2D eigenvalue weighted by Gasteiger charge is 2.17. The maximum Gasteiger partial charge on any atom is 0.387 e. The van der Waals surface area contributed by atoms with Gasteiger partial charge in [-0.3, -0.25) is 4.99 Å². The van der Waals surface area contributed by atoms with E-state index in [-0.39, 0.29) is 17.3 Å². The lowest BCUT2D eigenvalue weighted by atomic mass is 10.2. The average molecular weight is 447 g/mol. The molecule has 0 bridgehead atoms. The van der Waals surface area contributed by atoms with Gasteiger partial charge in [-0.15, -0.1) is 10.2 Å². The van der Waals surface area contributed by atoms with Gasteiger partial charge in [-0.2, -0.15) is 8.78 Å². The normalized spacial score (nSPS) is 14.5. The number of aliphatic imine (C=N–C) groups is 1. The molecule has 0 atom stereocenters. The Balaban J connectivity index is 1.64. The van der Waals surface area contributed by atoms with Crippen LogP contribution in [0.2, 0.25) is 10.0 Å². The topological polar surface area (TPSA) is 76.4 Å². The first-order valence-corrected chi connectivity index (χ1v) is 10.0. The number of fused-ring (bicyclic) bond motifs is 1. The number of aromatic nitrogens is 3. The molecule has 0 spiro atoms. The number of rotatable bonds is 6. The zero-order chi connectivity index (χ0) is 20.8. The summed E-state index contributed by atoms with van der Waals surface area (Å²) in [7, 11) is 1.61. The predicted octanol–water partition coefficient (Wildman–Crippen LogP) is 3.78. The van der Waals surface area contributed by atoms with Crippen molar-refractivity contribution in [3.05, 3.63) is 39.4 Å². The molecule has 2 heterocycles. The number of nitrogens with one attached hydrogen (secondary N) is 2. The quantitative estimate of drug-likeness (QED) is 0.521. The summed E-state index contributed by atoms with van der Waals surface area (Å²) < 4.78 is 32.1. The molecule has 0 fully saturated rings. The fraction of sp³-hybridized carbons (Fsp3) is 0.500. The lowest BCUT2D eigenvalue weighted by molar-refractivity contribution is -0.0504. The monoisotopic (exact) mass is 446 g/mol. The molecule has 0 unspecified atom stereocenters. The summed E-state index contributed by atoms with van der Waals surface area (Å²) >= 11 is 12.0. The van der Waals surface area contributed by atoms with E-state index < -0.39 is 6.61 Å². The Morgan fingerprint density at radius 3 is 2.76 bits per heavy atom. The van der Waals surface area contributed by atoms with Crippen molar-refractivity contribution in [2.75, 3.05) is 7.05 Å².